The van der Waals surface area contributed by atoms with Gasteiger partial charge in [-0.3, -0.25) is 0 Å². The summed E-state index contributed by atoms with van der Waals surface area (Å²) in [6.45, 7) is 5.77. The maximum absolute atomic E-state index is 13.0. The second kappa shape index (κ2) is 4.91. The summed E-state index contributed by atoms with van der Waals surface area (Å²) in [5.41, 5.74) is -2.54. The first-order valence-electron chi connectivity index (χ1n) is 5.33. The average Bonchev–Trinajstić information content (AvgIpc) is 2.26. The van der Waals surface area contributed by atoms with E-state index >= 15 is 0 Å². The molecule has 0 N–H and O–H groups in total. The summed E-state index contributed by atoms with van der Waals surface area (Å²) < 4.78 is 60.2. The lowest BCUT2D eigenvalue weighted by Crippen LogP contribution is -2.24. The van der Waals surface area contributed by atoms with Crippen LogP contribution in [0.2, 0.25) is 0 Å². The Labute approximate surface area is 105 Å². The fourth-order valence-electron chi connectivity index (χ4n) is 1.41. The first-order chi connectivity index (χ1) is 8.06. The molecule has 1 atom stereocenters. The highest BCUT2D eigenvalue weighted by atomic mass is 32.2. The van der Waals surface area contributed by atoms with Gasteiger partial charge in [0.05, 0.1) is 4.90 Å². The van der Waals surface area contributed by atoms with E-state index in [9.17, 15) is 21.6 Å². The van der Waals surface area contributed by atoms with Crippen molar-refractivity contribution in [1.82, 2.24) is 0 Å². The van der Waals surface area contributed by atoms with E-state index in [1.165, 1.54) is 12.1 Å². The van der Waals surface area contributed by atoms with Gasteiger partial charge < -0.3 is 0 Å². The van der Waals surface area contributed by atoms with Crippen molar-refractivity contribution < 1.29 is 21.6 Å². The van der Waals surface area contributed by atoms with Gasteiger partial charge >= 0.3 is 0 Å². The maximum Gasteiger partial charge on any atom is 0.284 e. The van der Waals surface area contributed by atoms with Gasteiger partial charge in [-0.1, -0.05) is 32.9 Å². The molecule has 0 bridgehead atoms. The molecule has 0 aliphatic rings. The molecule has 0 radical (unpaired) electrons. The number of hydrogen-bond acceptors (Lipinski definition) is 2. The van der Waals surface area contributed by atoms with E-state index in [0.717, 1.165) is 17.7 Å². The molecule has 0 fully saturated rings. The third-order valence-electron chi connectivity index (χ3n) is 2.54. The Morgan fingerprint density at radius 3 is 1.78 bits per heavy atom. The quantitative estimate of drug-likeness (QED) is 0.851. The molecule has 0 heterocycles. The number of hydrogen-bond donors (Lipinski definition) is 0. The summed E-state index contributed by atoms with van der Waals surface area (Å²) in [5.74, 6) is 0. The zero-order valence-corrected chi connectivity index (χ0v) is 11.1. The summed E-state index contributed by atoms with van der Waals surface area (Å²) in [6, 6.07) is 5.33. The Hall–Kier alpha value is -1.04. The smallest absolute Gasteiger partial charge is 0.223 e. The van der Waals surface area contributed by atoms with Gasteiger partial charge in [0.25, 0.3) is 11.9 Å². The van der Waals surface area contributed by atoms with Crippen molar-refractivity contribution in [3.8, 4) is 0 Å². The molecule has 1 unspecified atom stereocenters. The molecular weight excluding hydrogens is 265 g/mol. The van der Waals surface area contributed by atoms with Crippen molar-refractivity contribution in [2.75, 3.05) is 0 Å². The number of benzene rings is 1. The molecule has 0 saturated carbocycles. The van der Waals surface area contributed by atoms with Gasteiger partial charge in [0.15, 0.2) is 0 Å². The molecule has 0 saturated heterocycles. The van der Waals surface area contributed by atoms with E-state index in [-0.39, 0.29) is 5.41 Å². The van der Waals surface area contributed by atoms with Crippen LogP contribution in [0.4, 0.5) is 13.2 Å². The highest BCUT2D eigenvalue weighted by Gasteiger charge is 2.35. The maximum atomic E-state index is 13.0. The van der Waals surface area contributed by atoms with E-state index in [2.05, 4.69) is 0 Å². The predicted molar refractivity (Wildman–Crippen MR) is 63.2 cm³/mol. The first-order valence-corrected chi connectivity index (χ1v) is 6.88. The van der Waals surface area contributed by atoms with Gasteiger partial charge in [-0.2, -0.15) is 0 Å². The lowest BCUT2D eigenvalue weighted by molar-refractivity contribution is 0.0902. The Balaban J connectivity index is 3.14. The standard InChI is InChI=1S/C12H15F3O2S/c1-12(2,3)8-4-6-9(7-5-8)18(16,17)11(15)10(13)14/h4-7,10-11H,1-3H3. The van der Waals surface area contributed by atoms with Crippen LogP contribution in [0.3, 0.4) is 0 Å². The van der Waals surface area contributed by atoms with Crippen LogP contribution in [0.25, 0.3) is 0 Å². The zero-order chi connectivity index (χ0) is 14.1. The minimum Gasteiger partial charge on any atom is -0.223 e. The van der Waals surface area contributed by atoms with E-state index < -0.39 is 26.7 Å². The predicted octanol–water partition coefficient (Wildman–Crippen LogP) is 3.32. The minimum atomic E-state index is -4.62. The molecule has 18 heavy (non-hydrogen) atoms. The van der Waals surface area contributed by atoms with Crippen LogP contribution in [0, 0.1) is 0 Å². The van der Waals surface area contributed by atoms with Gasteiger partial charge in [-0.15, -0.1) is 0 Å². The molecule has 102 valence electrons. The monoisotopic (exact) mass is 280 g/mol. The summed E-state index contributed by atoms with van der Waals surface area (Å²) in [7, 11) is -4.62. The molecular formula is C12H15F3O2S. The highest BCUT2D eigenvalue weighted by molar-refractivity contribution is 7.92. The van der Waals surface area contributed by atoms with Gasteiger partial charge in [0.1, 0.15) is 0 Å². The summed E-state index contributed by atoms with van der Waals surface area (Å²) in [5, 5.41) is 0. The van der Waals surface area contributed by atoms with Gasteiger partial charge in [0.2, 0.25) is 9.84 Å². The Morgan fingerprint density at radius 2 is 1.44 bits per heavy atom. The van der Waals surface area contributed by atoms with Gasteiger partial charge in [-0.05, 0) is 23.1 Å². The van der Waals surface area contributed by atoms with Gasteiger partial charge in [0, 0.05) is 0 Å². The molecule has 0 spiro atoms. The SMILES string of the molecule is CC(C)(C)c1ccc(S(=O)(=O)C(F)C(F)F)cc1. The lowest BCUT2D eigenvalue weighted by Gasteiger charge is -2.19. The van der Waals surface area contributed by atoms with E-state index in [1.54, 1.807) is 0 Å². The third-order valence-corrected chi connectivity index (χ3v) is 4.27. The zero-order valence-electron chi connectivity index (χ0n) is 10.3. The van der Waals surface area contributed by atoms with Crippen LogP contribution in [0.1, 0.15) is 26.3 Å². The number of halogens is 3. The van der Waals surface area contributed by atoms with Crippen molar-refractivity contribution in [3.63, 3.8) is 0 Å². The molecule has 2 nitrogen and oxygen atoms in total. The topological polar surface area (TPSA) is 34.1 Å². The molecule has 0 aliphatic heterocycles. The van der Waals surface area contributed by atoms with E-state index in [0.29, 0.717) is 0 Å². The van der Waals surface area contributed by atoms with Crippen molar-refractivity contribution in [1.29, 1.82) is 0 Å². The normalized spacial score (nSPS) is 14.8. The number of sulfone groups is 1. The summed E-state index contributed by atoms with van der Waals surface area (Å²) in [6.07, 6.45) is -3.54. The Morgan fingerprint density at radius 1 is 1.00 bits per heavy atom. The summed E-state index contributed by atoms with van der Waals surface area (Å²) in [4.78, 5) is -0.428. The molecule has 0 aliphatic carbocycles. The van der Waals surface area contributed by atoms with Crippen molar-refractivity contribution in [2.45, 2.75) is 43.0 Å². The molecule has 1 rings (SSSR count). The van der Waals surface area contributed by atoms with Crippen molar-refractivity contribution in [2.24, 2.45) is 0 Å². The van der Waals surface area contributed by atoms with Crippen molar-refractivity contribution in [3.05, 3.63) is 29.8 Å². The second-order valence-electron chi connectivity index (χ2n) is 5.00. The number of rotatable bonds is 3. The van der Waals surface area contributed by atoms with Crippen LogP contribution in [-0.4, -0.2) is 20.3 Å². The molecule has 0 amide bonds. The molecule has 6 heteroatoms. The third kappa shape index (κ3) is 3.04. The van der Waals surface area contributed by atoms with Crippen molar-refractivity contribution >= 4 is 9.84 Å². The number of alkyl halides is 3. The first kappa shape index (κ1) is 15.0. The molecule has 1 aromatic carbocycles. The van der Waals surface area contributed by atoms with Crippen LogP contribution in [-0.2, 0) is 15.3 Å². The van der Waals surface area contributed by atoms with Crippen LogP contribution < -0.4 is 0 Å². The van der Waals surface area contributed by atoms with Crippen LogP contribution >= 0.6 is 0 Å². The average molecular weight is 280 g/mol. The van der Waals surface area contributed by atoms with E-state index in [4.69, 9.17) is 0 Å². The highest BCUT2D eigenvalue weighted by Crippen LogP contribution is 2.26. The largest absolute Gasteiger partial charge is 0.284 e. The van der Waals surface area contributed by atoms with Crippen LogP contribution in [0.15, 0.2) is 29.2 Å². The Kier molecular flexibility index (Phi) is 4.10. The lowest BCUT2D eigenvalue weighted by atomic mass is 9.87. The minimum absolute atomic E-state index is 0.194. The fourth-order valence-corrected chi connectivity index (χ4v) is 2.46. The van der Waals surface area contributed by atoms with Gasteiger partial charge in [-0.25, -0.2) is 21.6 Å². The molecule has 0 aromatic heterocycles. The molecule has 1 aromatic rings. The van der Waals surface area contributed by atoms with Crippen LogP contribution in [0.5, 0.6) is 0 Å². The van der Waals surface area contributed by atoms with E-state index in [1.807, 2.05) is 20.8 Å². The fraction of sp³-hybridized carbons (Fsp3) is 0.500. The summed E-state index contributed by atoms with van der Waals surface area (Å²) >= 11 is 0. The second-order valence-corrected chi connectivity index (χ2v) is 7.02. The Bertz CT molecular complexity index is 501.